The average molecular weight is 407 g/mol. The molecule has 9 heteroatoms. The zero-order chi connectivity index (χ0) is 20.7. The Morgan fingerprint density at radius 3 is 2.18 bits per heavy atom. The van der Waals surface area contributed by atoms with E-state index in [-0.39, 0.29) is 10.7 Å². The SMILES string of the molecule is CC(=O)c1ccc(NC(=O)COC(=O)CCS(=O)(=O)c2ccc(F)cc2)cc1. The van der Waals surface area contributed by atoms with Gasteiger partial charge >= 0.3 is 5.97 Å². The summed E-state index contributed by atoms with van der Waals surface area (Å²) in [6.07, 6.45) is -0.444. The summed E-state index contributed by atoms with van der Waals surface area (Å²) >= 11 is 0. The number of Topliss-reactive ketones (excluding diaryl/α,β-unsaturated/α-hetero) is 1. The molecule has 0 fully saturated rings. The van der Waals surface area contributed by atoms with Crippen molar-refractivity contribution < 1.29 is 31.9 Å². The monoisotopic (exact) mass is 407 g/mol. The van der Waals surface area contributed by atoms with Gasteiger partial charge in [0.2, 0.25) is 0 Å². The van der Waals surface area contributed by atoms with E-state index in [1.807, 2.05) is 0 Å². The number of esters is 1. The van der Waals surface area contributed by atoms with Crippen molar-refractivity contribution >= 4 is 33.2 Å². The molecule has 0 heterocycles. The Morgan fingerprint density at radius 1 is 1.00 bits per heavy atom. The van der Waals surface area contributed by atoms with Gasteiger partial charge < -0.3 is 10.1 Å². The maximum Gasteiger partial charge on any atom is 0.307 e. The molecule has 0 aliphatic rings. The van der Waals surface area contributed by atoms with Gasteiger partial charge in [-0.15, -0.1) is 0 Å². The minimum Gasteiger partial charge on any atom is -0.456 e. The molecule has 2 rings (SSSR count). The molecular formula is C19H18FNO6S. The van der Waals surface area contributed by atoms with Crippen molar-refractivity contribution in [3.8, 4) is 0 Å². The summed E-state index contributed by atoms with van der Waals surface area (Å²) in [4.78, 5) is 34.6. The lowest BCUT2D eigenvalue weighted by atomic mass is 10.1. The Hall–Kier alpha value is -3.07. The van der Waals surface area contributed by atoms with E-state index in [0.29, 0.717) is 11.3 Å². The second-order valence-electron chi connectivity index (χ2n) is 5.87. The molecule has 0 saturated heterocycles. The van der Waals surface area contributed by atoms with Crippen molar-refractivity contribution in [2.45, 2.75) is 18.2 Å². The largest absolute Gasteiger partial charge is 0.456 e. The van der Waals surface area contributed by atoms with E-state index < -0.39 is 46.3 Å². The summed E-state index contributed by atoms with van der Waals surface area (Å²) in [5, 5.41) is 2.49. The Kier molecular flexibility index (Phi) is 7.00. The first-order chi connectivity index (χ1) is 13.2. The van der Waals surface area contributed by atoms with Crippen LogP contribution in [-0.2, 0) is 24.2 Å². The summed E-state index contributed by atoms with van der Waals surface area (Å²) in [5.74, 6) is -2.66. The van der Waals surface area contributed by atoms with Crippen LogP contribution in [0.4, 0.5) is 10.1 Å². The van der Waals surface area contributed by atoms with Crippen LogP contribution >= 0.6 is 0 Å². The van der Waals surface area contributed by atoms with E-state index >= 15 is 0 Å². The molecule has 0 aliphatic carbocycles. The Labute approximate surface area is 161 Å². The van der Waals surface area contributed by atoms with Crippen molar-refractivity contribution in [2.24, 2.45) is 0 Å². The molecule has 0 bridgehead atoms. The summed E-state index contributed by atoms with van der Waals surface area (Å²) in [7, 11) is -3.77. The molecule has 2 aromatic carbocycles. The number of carbonyl (C=O) groups excluding carboxylic acids is 3. The lowest BCUT2D eigenvalue weighted by Gasteiger charge is -2.08. The van der Waals surface area contributed by atoms with Gasteiger partial charge in [0, 0.05) is 11.3 Å². The highest BCUT2D eigenvalue weighted by molar-refractivity contribution is 7.91. The van der Waals surface area contributed by atoms with Crippen LogP contribution in [0.2, 0.25) is 0 Å². The number of hydrogen-bond donors (Lipinski definition) is 1. The number of sulfone groups is 1. The molecule has 7 nitrogen and oxygen atoms in total. The molecule has 0 aliphatic heterocycles. The normalized spacial score (nSPS) is 10.9. The second kappa shape index (κ2) is 9.23. The van der Waals surface area contributed by atoms with E-state index in [2.05, 4.69) is 5.32 Å². The maximum absolute atomic E-state index is 12.9. The first-order valence-electron chi connectivity index (χ1n) is 8.22. The van der Waals surface area contributed by atoms with Crippen LogP contribution in [0.1, 0.15) is 23.7 Å². The fourth-order valence-corrected chi connectivity index (χ4v) is 3.40. The van der Waals surface area contributed by atoms with Gasteiger partial charge in [-0.05, 0) is 55.5 Å². The molecule has 1 N–H and O–H groups in total. The van der Waals surface area contributed by atoms with Gasteiger partial charge in [0.05, 0.1) is 17.1 Å². The van der Waals surface area contributed by atoms with Crippen molar-refractivity contribution in [3.63, 3.8) is 0 Å². The summed E-state index contributed by atoms with van der Waals surface area (Å²) < 4.78 is 41.8. The predicted octanol–water partition coefficient (Wildman–Crippen LogP) is 2.37. The van der Waals surface area contributed by atoms with Crippen molar-refractivity contribution in [1.29, 1.82) is 0 Å². The zero-order valence-corrected chi connectivity index (χ0v) is 15.8. The fourth-order valence-electron chi connectivity index (χ4n) is 2.18. The van der Waals surface area contributed by atoms with Crippen molar-refractivity contribution in [3.05, 3.63) is 59.9 Å². The maximum atomic E-state index is 12.9. The highest BCUT2D eigenvalue weighted by Gasteiger charge is 2.18. The molecule has 0 atom stereocenters. The van der Waals surface area contributed by atoms with Crippen LogP contribution in [0, 0.1) is 5.82 Å². The second-order valence-corrected chi connectivity index (χ2v) is 7.97. The van der Waals surface area contributed by atoms with Crippen LogP contribution in [-0.4, -0.2) is 38.4 Å². The number of anilines is 1. The number of ketones is 1. The number of halogens is 1. The first kappa shape index (κ1) is 21.2. The van der Waals surface area contributed by atoms with Gasteiger partial charge in [-0.3, -0.25) is 14.4 Å². The van der Waals surface area contributed by atoms with Gasteiger partial charge in [0.1, 0.15) is 5.82 Å². The molecular weight excluding hydrogens is 389 g/mol. The van der Waals surface area contributed by atoms with Crippen LogP contribution in [0.5, 0.6) is 0 Å². The van der Waals surface area contributed by atoms with Gasteiger partial charge in [-0.2, -0.15) is 0 Å². The van der Waals surface area contributed by atoms with Crippen LogP contribution < -0.4 is 5.32 Å². The third kappa shape index (κ3) is 6.27. The Balaban J connectivity index is 1.79. The highest BCUT2D eigenvalue weighted by Crippen LogP contribution is 2.13. The van der Waals surface area contributed by atoms with Gasteiger partial charge in [-0.1, -0.05) is 0 Å². The average Bonchev–Trinajstić information content (AvgIpc) is 2.65. The molecule has 0 unspecified atom stereocenters. The zero-order valence-electron chi connectivity index (χ0n) is 15.0. The van der Waals surface area contributed by atoms with Crippen molar-refractivity contribution in [1.82, 2.24) is 0 Å². The lowest BCUT2D eigenvalue weighted by molar-refractivity contribution is -0.146. The van der Waals surface area contributed by atoms with Crippen molar-refractivity contribution in [2.75, 3.05) is 17.7 Å². The van der Waals surface area contributed by atoms with Crippen LogP contribution in [0.3, 0.4) is 0 Å². The van der Waals surface area contributed by atoms with E-state index in [1.54, 1.807) is 12.1 Å². The number of ether oxygens (including phenoxy) is 1. The molecule has 148 valence electrons. The number of benzene rings is 2. The molecule has 1 amide bonds. The molecule has 0 spiro atoms. The molecule has 2 aromatic rings. The summed E-state index contributed by atoms with van der Waals surface area (Å²) in [6.45, 7) is 0.840. The lowest BCUT2D eigenvalue weighted by Crippen LogP contribution is -2.22. The van der Waals surface area contributed by atoms with E-state index in [1.165, 1.54) is 19.1 Å². The van der Waals surface area contributed by atoms with E-state index in [0.717, 1.165) is 24.3 Å². The third-order valence-electron chi connectivity index (χ3n) is 3.69. The topological polar surface area (TPSA) is 107 Å². The number of carbonyl (C=O) groups is 3. The number of amides is 1. The van der Waals surface area contributed by atoms with Crippen LogP contribution in [0.15, 0.2) is 53.4 Å². The number of rotatable bonds is 8. The number of hydrogen-bond acceptors (Lipinski definition) is 6. The van der Waals surface area contributed by atoms with Gasteiger partial charge in [-0.25, -0.2) is 12.8 Å². The van der Waals surface area contributed by atoms with E-state index in [4.69, 9.17) is 4.74 Å². The van der Waals surface area contributed by atoms with Gasteiger partial charge in [0.25, 0.3) is 5.91 Å². The number of nitrogens with one attached hydrogen (secondary N) is 1. The standard InChI is InChI=1S/C19H18FNO6S/c1-13(22)14-2-6-16(7-3-14)21-18(23)12-27-19(24)10-11-28(25,26)17-8-4-15(20)5-9-17/h2-9H,10-12H2,1H3,(H,21,23). The molecule has 28 heavy (non-hydrogen) atoms. The van der Waals surface area contributed by atoms with Crippen LogP contribution in [0.25, 0.3) is 0 Å². The highest BCUT2D eigenvalue weighted by atomic mass is 32.2. The minimum atomic E-state index is -3.77. The fraction of sp³-hybridized carbons (Fsp3) is 0.211. The summed E-state index contributed by atoms with van der Waals surface area (Å²) in [5.41, 5.74) is 0.914. The molecule has 0 saturated carbocycles. The summed E-state index contributed by atoms with van der Waals surface area (Å²) in [6, 6.07) is 10.4. The quantitative estimate of drug-likeness (QED) is 0.409. The molecule has 0 radical (unpaired) electrons. The minimum absolute atomic E-state index is 0.103. The Bertz CT molecular complexity index is 968. The molecule has 0 aromatic heterocycles. The third-order valence-corrected chi connectivity index (χ3v) is 5.42. The van der Waals surface area contributed by atoms with E-state index in [9.17, 15) is 27.2 Å². The van der Waals surface area contributed by atoms with Gasteiger partial charge in [0.15, 0.2) is 22.2 Å². The Morgan fingerprint density at radius 2 is 1.61 bits per heavy atom. The first-order valence-corrected chi connectivity index (χ1v) is 9.87. The predicted molar refractivity (Wildman–Crippen MR) is 99.1 cm³/mol. The smallest absolute Gasteiger partial charge is 0.307 e.